The molecule has 0 amide bonds. The Morgan fingerprint density at radius 2 is 0.603 bits per heavy atom. The van der Waals surface area contributed by atoms with Crippen LogP contribution in [0.2, 0.25) is 0 Å². The Bertz CT molecular complexity index is 4380. The van der Waals surface area contributed by atoms with Crippen LogP contribution in [0.15, 0.2) is 178 Å². The predicted molar refractivity (Wildman–Crippen MR) is 310 cm³/mol. The molecule has 9 aromatic rings. The van der Waals surface area contributed by atoms with E-state index in [9.17, 15) is 25.3 Å². The van der Waals surface area contributed by atoms with Gasteiger partial charge >= 0.3 is 0 Å². The molecule has 9 aromatic carbocycles. The molecule has 78 heavy (non-hydrogen) atoms. The van der Waals surface area contributed by atoms with Gasteiger partial charge in [-0.2, -0.15) is 12.9 Å². The summed E-state index contributed by atoms with van der Waals surface area (Å²) >= 11 is 0. The van der Waals surface area contributed by atoms with Crippen LogP contribution in [0.5, 0.6) is 0 Å². The highest BCUT2D eigenvalue weighted by molar-refractivity contribution is 7.89. The van der Waals surface area contributed by atoms with E-state index in [4.69, 9.17) is 0 Å². The predicted octanol–water partition coefficient (Wildman–Crippen LogP) is 14.0. The molecule has 0 N–H and O–H groups in total. The first-order chi connectivity index (χ1) is 37.3. The van der Waals surface area contributed by atoms with Gasteiger partial charge in [0.1, 0.15) is 0 Å². The lowest BCUT2D eigenvalue weighted by atomic mass is 9.81. The van der Waals surface area contributed by atoms with Gasteiger partial charge in [0.05, 0.1) is 14.7 Å². The summed E-state index contributed by atoms with van der Waals surface area (Å²) < 4.78 is 92.3. The number of aryl methyl sites for hydroxylation is 5. The van der Waals surface area contributed by atoms with Gasteiger partial charge in [0.15, 0.2) is 0 Å². The summed E-state index contributed by atoms with van der Waals surface area (Å²) in [6.45, 7) is 13.2. The van der Waals surface area contributed by atoms with Gasteiger partial charge in [0.25, 0.3) is 0 Å². The SMILES string of the molecule is Cc1ccc(S(=O)(=O)N2Cc3c4cc(c(C)c3C2)-c2cccc(c2)-c2c(cc(C)c3c2CN(S(=O)(=O)c2ccc(C)cc2)C3)-c2cccc(c2)-c2c(cc(C)c3c2CN(S(=O)(=O)c2ccc(C)cc2)C3)-c2cccc-4c2)cc1. The summed E-state index contributed by atoms with van der Waals surface area (Å²) in [5, 5.41) is 0. The van der Waals surface area contributed by atoms with Crippen molar-refractivity contribution in [3.63, 3.8) is 0 Å². The van der Waals surface area contributed by atoms with Crippen molar-refractivity contribution < 1.29 is 25.3 Å². The molecule has 9 nitrogen and oxygen atoms in total. The Morgan fingerprint density at radius 1 is 0.295 bits per heavy atom. The second-order valence-electron chi connectivity index (χ2n) is 21.7. The minimum atomic E-state index is -3.89. The lowest BCUT2D eigenvalue weighted by Crippen LogP contribution is -2.25. The Hall–Kier alpha value is -7.29. The van der Waals surface area contributed by atoms with Crippen LogP contribution in [0.4, 0.5) is 0 Å². The molecule has 390 valence electrons. The number of sulfonamides is 3. The minimum absolute atomic E-state index is 0.168. The summed E-state index contributed by atoms with van der Waals surface area (Å²) in [5.74, 6) is 0. The van der Waals surface area contributed by atoms with Crippen LogP contribution in [0.1, 0.15) is 66.8 Å². The van der Waals surface area contributed by atoms with E-state index >= 15 is 0 Å². The Kier molecular flexibility index (Phi) is 11.9. The Balaban J connectivity index is 1.06. The second-order valence-corrected chi connectivity index (χ2v) is 27.5. The van der Waals surface area contributed by atoms with Crippen LogP contribution in [0.25, 0.3) is 66.8 Å². The van der Waals surface area contributed by atoms with Crippen molar-refractivity contribution in [1.82, 2.24) is 12.9 Å². The first-order valence-corrected chi connectivity index (χ1v) is 30.7. The van der Waals surface area contributed by atoms with Crippen molar-refractivity contribution in [2.45, 2.75) is 95.5 Å². The number of benzene rings is 9. The van der Waals surface area contributed by atoms with E-state index in [0.717, 1.165) is 134 Å². The molecule has 12 heteroatoms. The standard InChI is InChI=1S/C66H57N3O6S3/c1-40-16-22-52(23-17-40)76(70,71)67-35-60-44(5)29-58-49-13-9-15-51(32-49)66-57(28-43(4)59-34-68(39-64(59)66)77(72,73)53-24-18-41(2)19-25-53)48-12-7-11-47(30-48)56-33-55(46-10-8-14-50(31-46)65(58)63(60)38-67)45(6)61-36-69(37-62(56)61)78(74,75)54-26-20-42(3)21-27-54/h7-33H,34-39H2,1-6H3. The van der Waals surface area contributed by atoms with Crippen LogP contribution in [-0.4, -0.2) is 38.2 Å². The monoisotopic (exact) mass is 1080 g/mol. The average Bonchev–Trinajstić information content (AvgIpc) is 4.41. The number of rotatable bonds is 6. The highest BCUT2D eigenvalue weighted by Crippen LogP contribution is 2.50. The fourth-order valence-corrected chi connectivity index (χ4v) is 16.6. The number of fused-ring (bicyclic) bond motifs is 22. The van der Waals surface area contributed by atoms with Gasteiger partial charge in [-0.15, -0.1) is 0 Å². The van der Waals surface area contributed by atoms with Crippen molar-refractivity contribution in [2.75, 3.05) is 0 Å². The minimum Gasteiger partial charge on any atom is -0.207 e. The molecule has 8 bridgehead atoms. The first kappa shape index (κ1) is 50.2. The maximum Gasteiger partial charge on any atom is 0.243 e. The maximum absolute atomic E-state index is 14.6. The van der Waals surface area contributed by atoms with E-state index in [2.05, 4.69) is 112 Å². The van der Waals surface area contributed by atoms with Crippen molar-refractivity contribution in [2.24, 2.45) is 0 Å². The topological polar surface area (TPSA) is 112 Å². The van der Waals surface area contributed by atoms with Crippen LogP contribution >= 0.6 is 0 Å². The smallest absolute Gasteiger partial charge is 0.207 e. The van der Waals surface area contributed by atoms with E-state index in [0.29, 0.717) is 0 Å². The highest BCUT2D eigenvalue weighted by atomic mass is 32.2. The zero-order valence-electron chi connectivity index (χ0n) is 44.3. The zero-order valence-corrected chi connectivity index (χ0v) is 46.8. The Labute approximate surface area is 458 Å². The zero-order chi connectivity index (χ0) is 54.2. The summed E-state index contributed by atoms with van der Waals surface area (Å²) in [6, 6.07) is 53.2. The molecule has 0 spiro atoms. The van der Waals surface area contributed by atoms with Crippen molar-refractivity contribution in [1.29, 1.82) is 0 Å². The van der Waals surface area contributed by atoms with E-state index in [1.54, 1.807) is 49.3 Å². The molecule has 0 fully saturated rings. The molecule has 3 aliphatic heterocycles. The highest BCUT2D eigenvalue weighted by Gasteiger charge is 2.38. The molecule has 0 saturated heterocycles. The van der Waals surface area contributed by atoms with E-state index in [-0.39, 0.29) is 54.0 Å². The molecule has 0 unspecified atom stereocenters. The summed E-state index contributed by atoms with van der Waals surface area (Å²) in [7, 11) is -11.7. The van der Waals surface area contributed by atoms with Gasteiger partial charge in [-0.3, -0.25) is 0 Å². The Morgan fingerprint density at radius 3 is 1.00 bits per heavy atom. The summed E-state index contributed by atoms with van der Waals surface area (Å²) in [4.78, 5) is 0.752. The third-order valence-corrected chi connectivity index (χ3v) is 22.2. The van der Waals surface area contributed by atoms with E-state index in [1.165, 1.54) is 0 Å². The molecule has 4 aliphatic rings. The lowest BCUT2D eigenvalue weighted by Gasteiger charge is -2.22. The van der Waals surface area contributed by atoms with Crippen molar-refractivity contribution in [3.05, 3.63) is 231 Å². The maximum atomic E-state index is 14.6. The van der Waals surface area contributed by atoms with Gasteiger partial charge in [0.2, 0.25) is 30.1 Å². The fourth-order valence-electron chi connectivity index (χ4n) is 12.5. The molecular weight excluding hydrogens is 1030 g/mol. The number of hydrogen-bond acceptors (Lipinski definition) is 6. The third-order valence-electron chi connectivity index (χ3n) is 16.8. The molecule has 1 aliphatic carbocycles. The summed E-state index contributed by atoms with van der Waals surface area (Å²) in [5.41, 5.74) is 22.9. The van der Waals surface area contributed by atoms with Gasteiger partial charge < -0.3 is 0 Å². The van der Waals surface area contributed by atoms with Crippen LogP contribution in [-0.2, 0) is 69.3 Å². The molecule has 0 aromatic heterocycles. The molecule has 0 saturated carbocycles. The molecule has 3 heterocycles. The van der Waals surface area contributed by atoms with Crippen molar-refractivity contribution in [3.8, 4) is 66.8 Å². The van der Waals surface area contributed by atoms with Gasteiger partial charge in [-0.25, -0.2) is 25.3 Å². The molecule has 13 rings (SSSR count). The average molecular weight is 1080 g/mol. The van der Waals surface area contributed by atoms with Gasteiger partial charge in [0, 0.05) is 39.3 Å². The van der Waals surface area contributed by atoms with Crippen molar-refractivity contribution >= 4 is 30.1 Å². The number of hydrogen-bond donors (Lipinski definition) is 0. The normalized spacial score (nSPS) is 15.2. The molecule has 0 atom stereocenters. The van der Waals surface area contributed by atoms with Crippen LogP contribution in [0.3, 0.4) is 0 Å². The van der Waals surface area contributed by atoms with E-state index < -0.39 is 30.1 Å². The van der Waals surface area contributed by atoms with Crippen LogP contribution in [0, 0.1) is 41.5 Å². The van der Waals surface area contributed by atoms with E-state index in [1.807, 2.05) is 57.2 Å². The third kappa shape index (κ3) is 8.14. The van der Waals surface area contributed by atoms with Gasteiger partial charge in [-0.1, -0.05) is 120 Å². The molecular formula is C66H57N3O6S3. The first-order valence-electron chi connectivity index (χ1n) is 26.3. The summed E-state index contributed by atoms with van der Waals surface area (Å²) in [6.07, 6.45) is 0. The van der Waals surface area contributed by atoms with Gasteiger partial charge in [-0.05, 0) is 219 Å². The van der Waals surface area contributed by atoms with Crippen LogP contribution < -0.4 is 0 Å². The quantitative estimate of drug-likeness (QED) is 0.164. The largest absolute Gasteiger partial charge is 0.243 e. The number of nitrogens with zero attached hydrogens (tertiary/aromatic N) is 3. The fraction of sp³-hybridized carbons (Fsp3) is 0.182. The second kappa shape index (κ2) is 18.4. The lowest BCUT2D eigenvalue weighted by molar-refractivity contribution is 0.431. The molecule has 0 radical (unpaired) electrons.